The van der Waals surface area contributed by atoms with Crippen molar-refractivity contribution < 1.29 is 10.2 Å². The second kappa shape index (κ2) is 6.48. The van der Waals surface area contributed by atoms with Gasteiger partial charge in [0.2, 0.25) is 0 Å². The van der Waals surface area contributed by atoms with Crippen molar-refractivity contribution in [2.75, 3.05) is 0 Å². The summed E-state index contributed by atoms with van der Waals surface area (Å²) in [7, 11) is 0. The molecule has 0 aliphatic heterocycles. The Labute approximate surface area is 166 Å². The van der Waals surface area contributed by atoms with Crippen LogP contribution < -0.4 is 0 Å². The number of aliphatic hydroxyl groups excluding tert-OH is 1. The minimum Gasteiger partial charge on any atom is -0.508 e. The Balaban J connectivity index is 1.48. The molecule has 4 heteroatoms. The Kier molecular flexibility index (Phi) is 4.16. The molecule has 0 saturated heterocycles. The van der Waals surface area contributed by atoms with E-state index in [1.807, 2.05) is 29.1 Å². The number of aliphatic hydroxyl groups is 1. The molecule has 1 aromatic heterocycles. The average Bonchev–Trinajstić information content (AvgIpc) is 3.24. The van der Waals surface area contributed by atoms with Crippen LogP contribution in [-0.2, 0) is 13.0 Å². The van der Waals surface area contributed by atoms with Crippen molar-refractivity contribution in [3.8, 4) is 5.75 Å². The van der Waals surface area contributed by atoms with Crippen LogP contribution in [0.1, 0.15) is 62.3 Å². The highest BCUT2D eigenvalue weighted by atomic mass is 16.3. The molecule has 2 aromatic rings. The molecule has 3 aliphatic carbocycles. The van der Waals surface area contributed by atoms with Crippen LogP contribution in [0.15, 0.2) is 36.0 Å². The van der Waals surface area contributed by atoms with E-state index in [1.165, 1.54) is 16.7 Å². The monoisotopic (exact) mass is 378 g/mol. The van der Waals surface area contributed by atoms with E-state index in [0.29, 0.717) is 23.5 Å². The van der Waals surface area contributed by atoms with Gasteiger partial charge in [0.15, 0.2) is 0 Å². The van der Waals surface area contributed by atoms with Gasteiger partial charge in [0, 0.05) is 18.2 Å². The number of rotatable bonds is 2. The number of phenolic OH excluding ortho intramolecular Hbond substituents is 1. The minimum atomic E-state index is -0.361. The average molecular weight is 379 g/mol. The Hall–Kier alpha value is -2.07. The van der Waals surface area contributed by atoms with E-state index in [4.69, 9.17) is 0 Å². The lowest BCUT2D eigenvalue weighted by atomic mass is 9.55. The van der Waals surface area contributed by atoms with E-state index in [-0.39, 0.29) is 11.5 Å². The summed E-state index contributed by atoms with van der Waals surface area (Å²) in [6.07, 6.45) is 9.05. The lowest BCUT2D eigenvalue weighted by Gasteiger charge is -2.49. The molecule has 0 radical (unpaired) electrons. The van der Waals surface area contributed by atoms with Gasteiger partial charge in [0.05, 0.1) is 11.8 Å². The van der Waals surface area contributed by atoms with Crippen LogP contribution in [0, 0.1) is 17.3 Å². The lowest BCUT2D eigenvalue weighted by Crippen LogP contribution is -2.44. The summed E-state index contributed by atoms with van der Waals surface area (Å²) in [5, 5.41) is 25.5. The van der Waals surface area contributed by atoms with Gasteiger partial charge in [-0.3, -0.25) is 4.68 Å². The zero-order valence-corrected chi connectivity index (χ0v) is 16.8. The van der Waals surface area contributed by atoms with E-state index < -0.39 is 0 Å². The summed E-state index contributed by atoms with van der Waals surface area (Å²) >= 11 is 0. The fourth-order valence-electron chi connectivity index (χ4n) is 6.49. The van der Waals surface area contributed by atoms with E-state index >= 15 is 0 Å². The first-order valence-electron chi connectivity index (χ1n) is 10.7. The molecule has 148 valence electrons. The molecule has 1 heterocycles. The number of phenols is 1. The van der Waals surface area contributed by atoms with Gasteiger partial charge in [-0.1, -0.05) is 13.0 Å². The summed E-state index contributed by atoms with van der Waals surface area (Å²) < 4.78 is 2.00. The van der Waals surface area contributed by atoms with Crippen LogP contribution in [-0.4, -0.2) is 26.1 Å². The first-order chi connectivity index (χ1) is 13.5. The van der Waals surface area contributed by atoms with Gasteiger partial charge in [-0.25, -0.2) is 0 Å². The van der Waals surface area contributed by atoms with Gasteiger partial charge in [-0.2, -0.15) is 5.10 Å². The molecule has 1 aromatic carbocycles. The second-order valence-corrected chi connectivity index (χ2v) is 9.24. The SMILES string of the molecule is CCn1nccc1/C=C1\C[C@H]2[C@H]3CCc4cc(O)ccc4[C@@H]3CC[C@]2(C)[C@@H]1O. The number of nitrogens with zero attached hydrogens (tertiary/aromatic N) is 2. The maximum absolute atomic E-state index is 11.3. The Morgan fingerprint density at radius 3 is 2.96 bits per heavy atom. The smallest absolute Gasteiger partial charge is 0.115 e. The highest BCUT2D eigenvalue weighted by Crippen LogP contribution is 2.62. The molecule has 4 nitrogen and oxygen atoms in total. The quantitative estimate of drug-likeness (QED) is 0.808. The molecule has 5 rings (SSSR count). The molecule has 28 heavy (non-hydrogen) atoms. The molecule has 0 bridgehead atoms. The molecular weight excluding hydrogens is 348 g/mol. The molecular formula is C24H30N2O2. The van der Waals surface area contributed by atoms with Crippen molar-refractivity contribution in [3.05, 3.63) is 52.9 Å². The predicted molar refractivity (Wildman–Crippen MR) is 110 cm³/mol. The predicted octanol–water partition coefficient (Wildman–Crippen LogP) is 4.52. The van der Waals surface area contributed by atoms with Crippen molar-refractivity contribution >= 4 is 6.08 Å². The Bertz CT molecular complexity index is 930. The third kappa shape index (κ3) is 2.57. The van der Waals surface area contributed by atoms with Crippen LogP contribution in [0.4, 0.5) is 0 Å². The van der Waals surface area contributed by atoms with Gasteiger partial charge in [0.25, 0.3) is 0 Å². The fourth-order valence-corrected chi connectivity index (χ4v) is 6.49. The number of aromatic nitrogens is 2. The first kappa shape index (κ1) is 18.0. The van der Waals surface area contributed by atoms with E-state index in [2.05, 4.69) is 31.1 Å². The fraction of sp³-hybridized carbons (Fsp3) is 0.542. The van der Waals surface area contributed by atoms with Crippen LogP contribution in [0.5, 0.6) is 5.75 Å². The van der Waals surface area contributed by atoms with Crippen molar-refractivity contribution in [1.29, 1.82) is 0 Å². The van der Waals surface area contributed by atoms with Gasteiger partial charge in [-0.05, 0) is 97.8 Å². The van der Waals surface area contributed by atoms with E-state index in [0.717, 1.165) is 44.3 Å². The number of fused-ring (bicyclic) bond motifs is 5. The number of aryl methyl sites for hydroxylation is 2. The molecule has 5 atom stereocenters. The van der Waals surface area contributed by atoms with E-state index in [9.17, 15) is 10.2 Å². The molecule has 0 amide bonds. The third-order valence-electron chi connectivity index (χ3n) is 7.96. The molecule has 3 aliphatic rings. The van der Waals surface area contributed by atoms with Crippen molar-refractivity contribution in [2.24, 2.45) is 17.3 Å². The van der Waals surface area contributed by atoms with Crippen LogP contribution in [0.25, 0.3) is 6.08 Å². The van der Waals surface area contributed by atoms with Crippen molar-refractivity contribution in [3.63, 3.8) is 0 Å². The van der Waals surface area contributed by atoms with E-state index in [1.54, 1.807) is 0 Å². The lowest BCUT2D eigenvalue weighted by molar-refractivity contribution is -0.0158. The normalized spacial score (nSPS) is 35.5. The molecule has 0 spiro atoms. The second-order valence-electron chi connectivity index (χ2n) is 9.24. The summed E-state index contributed by atoms with van der Waals surface area (Å²) in [5.41, 5.74) is 5.01. The third-order valence-corrected chi connectivity index (χ3v) is 7.96. The van der Waals surface area contributed by atoms with Crippen molar-refractivity contribution in [1.82, 2.24) is 9.78 Å². The zero-order valence-electron chi connectivity index (χ0n) is 16.8. The number of hydrogen-bond acceptors (Lipinski definition) is 3. The summed E-state index contributed by atoms with van der Waals surface area (Å²) in [4.78, 5) is 0. The van der Waals surface area contributed by atoms with Crippen LogP contribution in [0.3, 0.4) is 0 Å². The maximum atomic E-state index is 11.3. The summed E-state index contributed by atoms with van der Waals surface area (Å²) in [6.45, 7) is 5.25. The number of aromatic hydroxyl groups is 1. The van der Waals surface area contributed by atoms with Gasteiger partial charge >= 0.3 is 0 Å². The largest absolute Gasteiger partial charge is 0.508 e. The molecule has 2 fully saturated rings. The topological polar surface area (TPSA) is 58.3 Å². The molecule has 2 saturated carbocycles. The Morgan fingerprint density at radius 1 is 1.29 bits per heavy atom. The van der Waals surface area contributed by atoms with Gasteiger partial charge < -0.3 is 10.2 Å². The molecule has 2 N–H and O–H groups in total. The van der Waals surface area contributed by atoms with Gasteiger partial charge in [0.1, 0.15) is 5.75 Å². The molecule has 0 unspecified atom stereocenters. The summed E-state index contributed by atoms with van der Waals surface area (Å²) in [6, 6.07) is 7.99. The number of hydrogen-bond donors (Lipinski definition) is 2. The van der Waals surface area contributed by atoms with Crippen LogP contribution in [0.2, 0.25) is 0 Å². The summed E-state index contributed by atoms with van der Waals surface area (Å²) in [5.74, 6) is 2.09. The Morgan fingerprint density at radius 2 is 2.14 bits per heavy atom. The highest BCUT2D eigenvalue weighted by molar-refractivity contribution is 5.53. The minimum absolute atomic E-state index is 0.0293. The maximum Gasteiger partial charge on any atom is 0.115 e. The van der Waals surface area contributed by atoms with Crippen LogP contribution >= 0.6 is 0 Å². The van der Waals surface area contributed by atoms with Gasteiger partial charge in [-0.15, -0.1) is 0 Å². The standard InChI is InChI=1S/C24H30N2O2/c1-3-26-17(9-11-25-26)12-16-14-22-21-6-4-15-13-18(27)5-7-19(15)20(21)8-10-24(22,2)23(16)28/h5,7,9,11-13,20-23,27-28H,3-4,6,8,10,14H2,1-2H3/b16-12+/t20-,21-,22-,23+,24-/m0/s1. The zero-order chi connectivity index (χ0) is 19.5. The van der Waals surface area contributed by atoms with Crippen molar-refractivity contribution in [2.45, 2.75) is 64.5 Å². The highest BCUT2D eigenvalue weighted by Gasteiger charge is 2.56. The first-order valence-corrected chi connectivity index (χ1v) is 10.7. The number of benzene rings is 1.